The van der Waals surface area contributed by atoms with Crippen LogP contribution < -0.4 is 33.6 Å². The van der Waals surface area contributed by atoms with Crippen LogP contribution in [0.15, 0.2) is 9.98 Å². The number of guanidine groups is 2. The van der Waals surface area contributed by atoms with Crippen molar-refractivity contribution >= 4 is 29.8 Å². The number of nitrogens with two attached hydrogens (primary N) is 4. The minimum absolute atomic E-state index is 0.000737. The van der Waals surface area contributed by atoms with E-state index in [0.717, 1.165) is 0 Å². The first-order chi connectivity index (χ1) is 11.7. The predicted octanol–water partition coefficient (Wildman–Crippen LogP) is -3.26. The maximum absolute atomic E-state index is 12.4. The summed E-state index contributed by atoms with van der Waals surface area (Å²) in [5, 5.41) is 4.90. The Hall–Kier alpha value is -3.05. The quantitative estimate of drug-likeness (QED) is 0.163. The molecule has 25 heavy (non-hydrogen) atoms. The summed E-state index contributed by atoms with van der Waals surface area (Å²) >= 11 is 0. The first-order valence-corrected chi connectivity index (χ1v) is 7.68. The molecule has 0 saturated carbocycles. The van der Waals surface area contributed by atoms with Crippen LogP contribution in [0, 0.1) is 0 Å². The first kappa shape index (κ1) is 20.0. The van der Waals surface area contributed by atoms with Crippen LogP contribution in [0.5, 0.6) is 0 Å². The van der Waals surface area contributed by atoms with Gasteiger partial charge < -0.3 is 33.2 Å². The lowest BCUT2D eigenvalue weighted by Gasteiger charge is -2.22. The van der Waals surface area contributed by atoms with Gasteiger partial charge in [0.1, 0.15) is 6.04 Å². The van der Waals surface area contributed by atoms with E-state index in [4.69, 9.17) is 22.9 Å². The lowest BCUT2D eigenvalue weighted by Crippen LogP contribution is -2.48. The molecule has 1 aliphatic heterocycles. The third kappa shape index (κ3) is 6.93. The van der Waals surface area contributed by atoms with Gasteiger partial charge in [-0.25, -0.2) is 4.79 Å². The Bertz CT molecular complexity index is 571. The molecule has 0 aromatic heterocycles. The van der Waals surface area contributed by atoms with Crippen LogP contribution in [0.25, 0.3) is 0 Å². The maximum Gasteiger partial charge on any atom is 0.318 e. The molecular formula is C13H25N9O3. The molecule has 0 aliphatic carbocycles. The molecule has 4 amide bonds. The number of aliphatic imine (C=N–C) groups is 2. The summed E-state index contributed by atoms with van der Waals surface area (Å²) in [6.45, 7) is 0.322. The van der Waals surface area contributed by atoms with E-state index in [9.17, 15) is 14.4 Å². The van der Waals surface area contributed by atoms with Crippen molar-refractivity contribution in [2.75, 3.05) is 20.1 Å². The Morgan fingerprint density at radius 1 is 1.28 bits per heavy atom. The molecule has 1 aliphatic rings. The van der Waals surface area contributed by atoms with Gasteiger partial charge in [-0.1, -0.05) is 0 Å². The average Bonchev–Trinajstić information content (AvgIpc) is 2.59. The third-order valence-corrected chi connectivity index (χ3v) is 3.62. The fourth-order valence-corrected chi connectivity index (χ4v) is 2.33. The monoisotopic (exact) mass is 355 g/mol. The van der Waals surface area contributed by atoms with Crippen molar-refractivity contribution < 1.29 is 14.4 Å². The fourth-order valence-electron chi connectivity index (χ4n) is 2.33. The normalized spacial score (nSPS) is 21.3. The molecule has 12 nitrogen and oxygen atoms in total. The van der Waals surface area contributed by atoms with Crippen molar-refractivity contribution in [2.45, 2.75) is 31.3 Å². The van der Waals surface area contributed by atoms with Crippen LogP contribution in [0.3, 0.4) is 0 Å². The van der Waals surface area contributed by atoms with Gasteiger partial charge in [0.05, 0.1) is 6.54 Å². The maximum atomic E-state index is 12.4. The molecule has 0 bridgehead atoms. The Balaban J connectivity index is 2.68. The molecule has 1 saturated heterocycles. The molecule has 2 atom stereocenters. The molecule has 1 heterocycles. The molecular weight excluding hydrogens is 330 g/mol. The Labute approximate surface area is 145 Å². The number of primary amides is 1. The predicted molar refractivity (Wildman–Crippen MR) is 92.2 cm³/mol. The number of hydrogen-bond acceptors (Lipinski definition) is 5. The molecule has 0 radical (unpaired) electrons. The van der Waals surface area contributed by atoms with E-state index in [1.165, 1.54) is 11.9 Å². The van der Waals surface area contributed by atoms with Crippen molar-refractivity contribution in [3.63, 3.8) is 0 Å². The summed E-state index contributed by atoms with van der Waals surface area (Å²) in [5.74, 6) is -0.775. The van der Waals surface area contributed by atoms with Crippen molar-refractivity contribution in [3.8, 4) is 0 Å². The minimum Gasteiger partial charge on any atom is -0.370 e. The molecule has 10 N–H and O–H groups in total. The van der Waals surface area contributed by atoms with Gasteiger partial charge in [0.25, 0.3) is 0 Å². The molecule has 0 spiro atoms. The van der Waals surface area contributed by atoms with E-state index in [-0.39, 0.29) is 42.7 Å². The SMILES string of the molecule is CN1C(=O)C[C@H](CCCN=C(N)N)NC(=O)[C@@H]1CN=C(N)NC(N)=O. The highest BCUT2D eigenvalue weighted by molar-refractivity contribution is 5.95. The molecule has 0 unspecified atom stereocenters. The van der Waals surface area contributed by atoms with E-state index in [0.29, 0.717) is 19.4 Å². The molecule has 12 heteroatoms. The fraction of sp³-hybridized carbons (Fsp3) is 0.615. The second-order valence-corrected chi connectivity index (χ2v) is 5.59. The standard InChI is InChI=1S/C13H25N9O3/c1-22-8(6-19-12(16)21-13(17)25)10(24)20-7(5-9(22)23)3-2-4-18-11(14)15/h7-8H,2-6H2,1H3,(H,20,24)(H4,14,15,18)(H5,16,17,19,21,25)/t7-,8-/m0/s1. The number of hydrogen-bond donors (Lipinski definition) is 6. The number of carbonyl (C=O) groups excluding carboxylic acids is 3. The summed E-state index contributed by atoms with van der Waals surface area (Å²) in [4.78, 5) is 44.3. The lowest BCUT2D eigenvalue weighted by atomic mass is 10.1. The summed E-state index contributed by atoms with van der Waals surface area (Å²) in [6, 6.07) is -2.01. The van der Waals surface area contributed by atoms with Gasteiger partial charge in [0.2, 0.25) is 11.8 Å². The van der Waals surface area contributed by atoms with E-state index in [2.05, 4.69) is 20.6 Å². The second-order valence-electron chi connectivity index (χ2n) is 5.59. The zero-order valence-corrected chi connectivity index (χ0v) is 14.1. The highest BCUT2D eigenvalue weighted by Crippen LogP contribution is 2.13. The minimum atomic E-state index is -0.864. The second kappa shape index (κ2) is 9.30. The zero-order valence-electron chi connectivity index (χ0n) is 14.1. The summed E-state index contributed by atoms with van der Waals surface area (Å²) in [5.41, 5.74) is 20.9. The van der Waals surface area contributed by atoms with Gasteiger partial charge in [-0.15, -0.1) is 0 Å². The Kier molecular flexibility index (Phi) is 7.43. The van der Waals surface area contributed by atoms with Gasteiger partial charge in [-0.2, -0.15) is 0 Å². The van der Waals surface area contributed by atoms with E-state index in [1.54, 1.807) is 0 Å². The number of carbonyl (C=O) groups is 3. The number of nitrogens with one attached hydrogen (secondary N) is 2. The first-order valence-electron chi connectivity index (χ1n) is 7.68. The number of amides is 4. The van der Waals surface area contributed by atoms with E-state index >= 15 is 0 Å². The molecule has 0 aromatic rings. The number of rotatable bonds is 6. The molecule has 0 aromatic carbocycles. The van der Waals surface area contributed by atoms with Crippen LogP contribution >= 0.6 is 0 Å². The van der Waals surface area contributed by atoms with Crippen LogP contribution in [0.2, 0.25) is 0 Å². The smallest absolute Gasteiger partial charge is 0.318 e. The summed E-state index contributed by atoms with van der Waals surface area (Å²) in [7, 11) is 1.52. The van der Waals surface area contributed by atoms with Crippen LogP contribution in [0.4, 0.5) is 4.79 Å². The summed E-state index contributed by atoms with van der Waals surface area (Å²) in [6.07, 6.45) is 1.35. The Morgan fingerprint density at radius 3 is 2.56 bits per heavy atom. The van der Waals surface area contributed by atoms with Crippen LogP contribution in [-0.4, -0.2) is 66.9 Å². The largest absolute Gasteiger partial charge is 0.370 e. The van der Waals surface area contributed by atoms with Gasteiger partial charge in [-0.3, -0.25) is 24.9 Å². The molecule has 1 fully saturated rings. The average molecular weight is 355 g/mol. The van der Waals surface area contributed by atoms with Crippen LogP contribution in [0.1, 0.15) is 19.3 Å². The molecule has 1 rings (SSSR count). The zero-order chi connectivity index (χ0) is 19.0. The third-order valence-electron chi connectivity index (χ3n) is 3.62. The van der Waals surface area contributed by atoms with Gasteiger partial charge in [0, 0.05) is 26.1 Å². The Morgan fingerprint density at radius 2 is 1.96 bits per heavy atom. The van der Waals surface area contributed by atoms with Crippen molar-refractivity contribution in [3.05, 3.63) is 0 Å². The van der Waals surface area contributed by atoms with Crippen LogP contribution in [-0.2, 0) is 9.59 Å². The van der Waals surface area contributed by atoms with Crippen molar-refractivity contribution in [1.29, 1.82) is 0 Å². The van der Waals surface area contributed by atoms with E-state index < -0.39 is 12.1 Å². The van der Waals surface area contributed by atoms with Gasteiger partial charge in [0.15, 0.2) is 11.9 Å². The van der Waals surface area contributed by atoms with Gasteiger partial charge in [-0.05, 0) is 12.8 Å². The highest BCUT2D eigenvalue weighted by Gasteiger charge is 2.33. The number of likely N-dealkylation sites (N-methyl/N-ethyl adjacent to an activating group) is 1. The summed E-state index contributed by atoms with van der Waals surface area (Å²) < 4.78 is 0. The van der Waals surface area contributed by atoms with Crippen molar-refractivity contribution in [1.82, 2.24) is 15.5 Å². The number of urea groups is 1. The molecule has 140 valence electrons. The topological polar surface area (TPSA) is 207 Å². The highest BCUT2D eigenvalue weighted by atomic mass is 16.2. The van der Waals surface area contributed by atoms with Gasteiger partial charge >= 0.3 is 6.03 Å². The van der Waals surface area contributed by atoms with E-state index in [1.807, 2.05) is 0 Å². The number of nitrogens with zero attached hydrogens (tertiary/aromatic N) is 3. The lowest BCUT2D eigenvalue weighted by molar-refractivity contribution is -0.135. The van der Waals surface area contributed by atoms with Crippen molar-refractivity contribution in [2.24, 2.45) is 32.9 Å².